The molecule has 0 atom stereocenters. The van der Waals surface area contributed by atoms with Crippen molar-refractivity contribution in [3.63, 3.8) is 0 Å². The van der Waals surface area contributed by atoms with Gasteiger partial charge in [0.2, 0.25) is 0 Å². The molecule has 0 aliphatic heterocycles. The lowest BCUT2D eigenvalue weighted by atomic mass is 10.2. The quantitative estimate of drug-likeness (QED) is 0.656. The summed E-state index contributed by atoms with van der Waals surface area (Å²) in [5, 5.41) is 8.73. The first-order valence-electron chi connectivity index (χ1n) is 7.26. The van der Waals surface area contributed by atoms with Crippen molar-refractivity contribution >= 4 is 21.9 Å². The Morgan fingerprint density at radius 2 is 1.76 bits per heavy atom. The van der Waals surface area contributed by atoms with Gasteiger partial charge in [0, 0.05) is 10.0 Å². The van der Waals surface area contributed by atoms with Crippen molar-refractivity contribution < 1.29 is 23.7 Å². The fraction of sp³-hybridized carbons (Fsp3) is 0.222. The highest BCUT2D eigenvalue weighted by Crippen LogP contribution is 2.33. The molecule has 0 saturated carbocycles. The van der Waals surface area contributed by atoms with E-state index in [-0.39, 0.29) is 13.2 Å². The van der Waals surface area contributed by atoms with Gasteiger partial charge in [0.1, 0.15) is 12.4 Å². The number of nitrogens with zero attached hydrogens (tertiary/aromatic N) is 1. The Labute approximate surface area is 154 Å². The van der Waals surface area contributed by atoms with Crippen molar-refractivity contribution in [1.82, 2.24) is 0 Å². The van der Waals surface area contributed by atoms with E-state index >= 15 is 0 Å². The van der Waals surface area contributed by atoms with E-state index in [0.29, 0.717) is 22.8 Å². The van der Waals surface area contributed by atoms with Gasteiger partial charge in [-0.05, 0) is 36.4 Å². The van der Waals surface area contributed by atoms with E-state index < -0.39 is 5.97 Å². The number of hydrogen-bond acceptors (Lipinski definition) is 6. The number of benzene rings is 2. The zero-order valence-electron chi connectivity index (χ0n) is 13.7. The van der Waals surface area contributed by atoms with E-state index in [0.717, 1.165) is 10.0 Å². The first-order valence-corrected chi connectivity index (χ1v) is 8.05. The van der Waals surface area contributed by atoms with Crippen LogP contribution in [0.5, 0.6) is 17.2 Å². The number of hydrogen-bond donors (Lipinski definition) is 0. The number of methoxy groups -OCH3 is 2. The van der Waals surface area contributed by atoms with E-state index in [1.54, 1.807) is 43.5 Å². The minimum atomic E-state index is -0.508. The van der Waals surface area contributed by atoms with E-state index in [1.807, 2.05) is 6.07 Å². The summed E-state index contributed by atoms with van der Waals surface area (Å²) in [6.07, 6.45) is 0. The molecule has 130 valence electrons. The second-order valence-electron chi connectivity index (χ2n) is 4.88. The summed E-state index contributed by atoms with van der Waals surface area (Å²) in [5.41, 5.74) is 1.26. The van der Waals surface area contributed by atoms with Crippen LogP contribution in [0.1, 0.15) is 11.1 Å². The average Bonchev–Trinajstić information content (AvgIpc) is 2.65. The van der Waals surface area contributed by atoms with Gasteiger partial charge in [0.15, 0.2) is 18.1 Å². The number of ether oxygens (including phenoxy) is 4. The van der Waals surface area contributed by atoms with Crippen LogP contribution in [0.2, 0.25) is 0 Å². The van der Waals surface area contributed by atoms with Crippen LogP contribution in [0.4, 0.5) is 0 Å². The number of carbonyl (C=O) groups excluding carboxylic acids is 1. The molecule has 0 heterocycles. The molecule has 2 rings (SSSR count). The van der Waals surface area contributed by atoms with Crippen LogP contribution >= 0.6 is 15.9 Å². The lowest BCUT2D eigenvalue weighted by Crippen LogP contribution is -2.15. The third-order valence-electron chi connectivity index (χ3n) is 3.28. The van der Waals surface area contributed by atoms with Gasteiger partial charge in [-0.25, -0.2) is 4.79 Å². The summed E-state index contributed by atoms with van der Waals surface area (Å²) >= 11 is 3.41. The van der Waals surface area contributed by atoms with Crippen LogP contribution in [-0.2, 0) is 16.1 Å². The number of rotatable bonds is 7. The molecule has 0 aliphatic rings. The van der Waals surface area contributed by atoms with Crippen LogP contribution < -0.4 is 14.2 Å². The van der Waals surface area contributed by atoms with Crippen molar-refractivity contribution in [1.29, 1.82) is 5.26 Å². The summed E-state index contributed by atoms with van der Waals surface area (Å²) in [4.78, 5) is 11.8. The van der Waals surface area contributed by atoms with Crippen LogP contribution in [0, 0.1) is 11.3 Å². The molecule has 25 heavy (non-hydrogen) atoms. The molecule has 0 unspecified atom stereocenters. The first-order chi connectivity index (χ1) is 12.1. The van der Waals surface area contributed by atoms with Gasteiger partial charge >= 0.3 is 5.97 Å². The van der Waals surface area contributed by atoms with Crippen LogP contribution in [0.15, 0.2) is 40.9 Å². The molecule has 6 nitrogen and oxygen atoms in total. The molecular formula is C18H16BrNO5. The third kappa shape index (κ3) is 5.13. The Kier molecular flexibility index (Phi) is 6.66. The molecule has 0 saturated heterocycles. The van der Waals surface area contributed by atoms with E-state index in [2.05, 4.69) is 15.9 Å². The van der Waals surface area contributed by atoms with Crippen LogP contribution in [-0.4, -0.2) is 26.8 Å². The zero-order chi connectivity index (χ0) is 18.2. The molecule has 7 heteroatoms. The molecule has 0 bridgehead atoms. The van der Waals surface area contributed by atoms with E-state index in [1.165, 1.54) is 7.11 Å². The molecule has 2 aromatic rings. The number of halogens is 1. The van der Waals surface area contributed by atoms with Crippen LogP contribution in [0.3, 0.4) is 0 Å². The lowest BCUT2D eigenvalue weighted by molar-refractivity contribution is -0.147. The van der Waals surface area contributed by atoms with Gasteiger partial charge in [-0.15, -0.1) is 0 Å². The number of esters is 1. The van der Waals surface area contributed by atoms with Gasteiger partial charge in [0.25, 0.3) is 0 Å². The Bertz CT molecular complexity index is 783. The average molecular weight is 406 g/mol. The maximum atomic E-state index is 11.8. The molecule has 0 fully saturated rings. The maximum absolute atomic E-state index is 11.8. The highest BCUT2D eigenvalue weighted by atomic mass is 79.9. The summed E-state index contributed by atoms with van der Waals surface area (Å²) in [6.45, 7) is -0.159. The van der Waals surface area contributed by atoms with Gasteiger partial charge in [-0.1, -0.05) is 15.9 Å². The van der Waals surface area contributed by atoms with Crippen molar-refractivity contribution in [3.8, 4) is 23.3 Å². The zero-order valence-corrected chi connectivity index (χ0v) is 15.3. The second-order valence-corrected chi connectivity index (χ2v) is 5.74. The SMILES string of the molecule is COc1cc(Br)c(COC(=O)COc2ccc(C#N)cc2)cc1OC. The molecule has 2 aromatic carbocycles. The second kappa shape index (κ2) is 8.94. The summed E-state index contributed by atoms with van der Waals surface area (Å²) in [7, 11) is 3.08. The fourth-order valence-corrected chi connectivity index (χ4v) is 2.41. The van der Waals surface area contributed by atoms with Gasteiger partial charge in [-0.2, -0.15) is 5.26 Å². The monoisotopic (exact) mass is 405 g/mol. The molecule has 0 N–H and O–H groups in total. The van der Waals surface area contributed by atoms with Crippen molar-refractivity contribution in [3.05, 3.63) is 52.0 Å². The number of carbonyl (C=O) groups is 1. The largest absolute Gasteiger partial charge is 0.493 e. The Balaban J connectivity index is 1.90. The predicted octanol–water partition coefficient (Wildman–Crippen LogP) is 3.46. The number of nitriles is 1. The molecule has 0 radical (unpaired) electrons. The fourth-order valence-electron chi connectivity index (χ4n) is 1.97. The van der Waals surface area contributed by atoms with Gasteiger partial charge in [0.05, 0.1) is 25.9 Å². The topological polar surface area (TPSA) is 77.8 Å². The Hall–Kier alpha value is -2.72. The van der Waals surface area contributed by atoms with Crippen LogP contribution in [0.25, 0.3) is 0 Å². The lowest BCUT2D eigenvalue weighted by Gasteiger charge is -2.12. The molecule has 0 spiro atoms. The highest BCUT2D eigenvalue weighted by Gasteiger charge is 2.12. The summed E-state index contributed by atoms with van der Waals surface area (Å²) < 4.78 is 21.7. The van der Waals surface area contributed by atoms with Crippen molar-refractivity contribution in [2.24, 2.45) is 0 Å². The predicted molar refractivity (Wildman–Crippen MR) is 93.7 cm³/mol. The molecule has 0 aromatic heterocycles. The summed E-state index contributed by atoms with van der Waals surface area (Å²) in [6, 6.07) is 12.0. The summed E-state index contributed by atoms with van der Waals surface area (Å²) in [5.74, 6) is 1.11. The molecular weight excluding hydrogens is 390 g/mol. The molecule has 0 amide bonds. The van der Waals surface area contributed by atoms with Crippen molar-refractivity contribution in [2.75, 3.05) is 20.8 Å². The standard InChI is InChI=1S/C18H16BrNO5/c1-22-16-7-13(15(19)8-17(16)23-2)10-25-18(21)11-24-14-5-3-12(9-20)4-6-14/h3-8H,10-11H2,1-2H3. The smallest absolute Gasteiger partial charge is 0.344 e. The highest BCUT2D eigenvalue weighted by molar-refractivity contribution is 9.10. The van der Waals surface area contributed by atoms with Gasteiger partial charge in [-0.3, -0.25) is 0 Å². The van der Waals surface area contributed by atoms with Crippen molar-refractivity contribution in [2.45, 2.75) is 6.61 Å². The minimum absolute atomic E-state index is 0.0660. The third-order valence-corrected chi connectivity index (χ3v) is 4.02. The van der Waals surface area contributed by atoms with E-state index in [4.69, 9.17) is 24.2 Å². The van der Waals surface area contributed by atoms with E-state index in [9.17, 15) is 4.79 Å². The van der Waals surface area contributed by atoms with Gasteiger partial charge < -0.3 is 18.9 Å². The maximum Gasteiger partial charge on any atom is 0.344 e. The minimum Gasteiger partial charge on any atom is -0.493 e. The Morgan fingerprint density at radius 3 is 2.36 bits per heavy atom. The Morgan fingerprint density at radius 1 is 1.12 bits per heavy atom. The first kappa shape index (κ1) is 18.6. The molecule has 0 aliphatic carbocycles. The normalized spacial score (nSPS) is 9.84.